The number of nitro groups is 1. The van der Waals surface area contributed by atoms with E-state index in [4.69, 9.17) is 0 Å². The van der Waals surface area contributed by atoms with Crippen molar-refractivity contribution in [3.63, 3.8) is 0 Å². The molecule has 10 heteroatoms. The molecule has 0 aliphatic carbocycles. The number of alkyl halides is 3. The third-order valence-electron chi connectivity index (χ3n) is 6.40. The number of hydrogen-bond donors (Lipinski definition) is 0. The number of halogens is 3. The zero-order valence-corrected chi connectivity index (χ0v) is 18.0. The van der Waals surface area contributed by atoms with Gasteiger partial charge in [0.1, 0.15) is 5.69 Å². The van der Waals surface area contributed by atoms with E-state index in [1.165, 1.54) is 0 Å². The van der Waals surface area contributed by atoms with E-state index in [2.05, 4.69) is 4.90 Å². The van der Waals surface area contributed by atoms with Crippen molar-refractivity contribution in [2.45, 2.75) is 19.0 Å². The average Bonchev–Trinajstić information content (AvgIpc) is 2.83. The van der Waals surface area contributed by atoms with Crippen LogP contribution >= 0.6 is 0 Å². The van der Waals surface area contributed by atoms with Crippen molar-refractivity contribution >= 4 is 23.0 Å². The Morgan fingerprint density at radius 3 is 2.12 bits per heavy atom. The van der Waals surface area contributed by atoms with Crippen LogP contribution in [0.25, 0.3) is 0 Å². The summed E-state index contributed by atoms with van der Waals surface area (Å²) < 4.78 is 38.9. The number of para-hydroxylation sites is 1. The van der Waals surface area contributed by atoms with Gasteiger partial charge in [0.15, 0.2) is 0 Å². The lowest BCUT2D eigenvalue weighted by Gasteiger charge is -2.39. The summed E-state index contributed by atoms with van der Waals surface area (Å²) in [6, 6.07) is 12.6. The number of benzene rings is 2. The molecule has 2 saturated heterocycles. The number of hydrogen-bond acceptors (Lipinski definition) is 5. The van der Waals surface area contributed by atoms with Gasteiger partial charge in [0.2, 0.25) is 5.91 Å². The number of anilines is 2. The van der Waals surface area contributed by atoms with Crippen molar-refractivity contribution < 1.29 is 22.9 Å². The van der Waals surface area contributed by atoms with Gasteiger partial charge in [-0.1, -0.05) is 18.2 Å². The Kier molecular flexibility index (Phi) is 6.44. The van der Waals surface area contributed by atoms with Gasteiger partial charge in [0, 0.05) is 56.9 Å². The first-order chi connectivity index (χ1) is 15.7. The number of carbonyl (C=O) groups excluding carboxylic acids is 1. The lowest BCUT2D eigenvalue weighted by Crippen LogP contribution is -2.51. The summed E-state index contributed by atoms with van der Waals surface area (Å²) in [5.41, 5.74) is -0.310. The average molecular weight is 462 g/mol. The number of piperidine rings is 1. The van der Waals surface area contributed by atoms with Crippen LogP contribution in [0.4, 0.5) is 30.2 Å². The molecule has 0 atom stereocenters. The standard InChI is InChI=1S/C23H25F3N4O3/c24-23(25,26)18-6-7-20(21(16-18)30(32)33)28-10-8-17(9-11-28)22(31)29-14-12-27(13-15-29)19-4-2-1-3-5-19/h1-7,16-17H,8-15H2. The lowest BCUT2D eigenvalue weighted by molar-refractivity contribution is -0.384. The second kappa shape index (κ2) is 9.29. The minimum atomic E-state index is -4.65. The second-order valence-electron chi connectivity index (χ2n) is 8.37. The van der Waals surface area contributed by atoms with Crippen LogP contribution < -0.4 is 9.80 Å². The fourth-order valence-electron chi connectivity index (χ4n) is 4.56. The molecule has 0 spiro atoms. The highest BCUT2D eigenvalue weighted by atomic mass is 19.4. The molecule has 2 aromatic carbocycles. The van der Waals surface area contributed by atoms with Crippen LogP contribution in [-0.2, 0) is 11.0 Å². The Morgan fingerprint density at radius 1 is 0.909 bits per heavy atom. The van der Waals surface area contributed by atoms with Crippen LogP contribution in [0.5, 0.6) is 0 Å². The van der Waals surface area contributed by atoms with E-state index < -0.39 is 22.4 Å². The molecule has 2 heterocycles. The first-order valence-electron chi connectivity index (χ1n) is 10.9. The fourth-order valence-corrected chi connectivity index (χ4v) is 4.56. The van der Waals surface area contributed by atoms with Crippen LogP contribution in [0.2, 0.25) is 0 Å². The normalized spacial score (nSPS) is 17.8. The van der Waals surface area contributed by atoms with Crippen LogP contribution in [-0.4, -0.2) is 55.0 Å². The summed E-state index contributed by atoms with van der Waals surface area (Å²) in [5.74, 6) is -0.0951. The number of nitro benzene ring substituents is 1. The lowest BCUT2D eigenvalue weighted by atomic mass is 9.94. The summed E-state index contributed by atoms with van der Waals surface area (Å²) in [4.78, 5) is 29.5. The minimum absolute atomic E-state index is 0.0873. The molecule has 2 aromatic rings. The van der Waals surface area contributed by atoms with Crippen LogP contribution in [0, 0.1) is 16.0 Å². The predicted octanol–water partition coefficient (Wildman–Crippen LogP) is 4.18. The molecule has 2 aliphatic rings. The van der Waals surface area contributed by atoms with Gasteiger partial charge in [-0.05, 0) is 37.1 Å². The van der Waals surface area contributed by atoms with Gasteiger partial charge in [-0.3, -0.25) is 14.9 Å². The van der Waals surface area contributed by atoms with Gasteiger partial charge in [-0.25, -0.2) is 0 Å². The van der Waals surface area contributed by atoms with Crippen LogP contribution in [0.15, 0.2) is 48.5 Å². The first-order valence-corrected chi connectivity index (χ1v) is 10.9. The van der Waals surface area contributed by atoms with Gasteiger partial charge in [0.05, 0.1) is 10.5 Å². The fraction of sp³-hybridized carbons (Fsp3) is 0.435. The molecule has 33 heavy (non-hydrogen) atoms. The van der Waals surface area contributed by atoms with Gasteiger partial charge < -0.3 is 14.7 Å². The highest BCUT2D eigenvalue weighted by Gasteiger charge is 2.35. The zero-order chi connectivity index (χ0) is 23.6. The maximum atomic E-state index is 13.0. The van der Waals surface area contributed by atoms with E-state index in [0.717, 1.165) is 30.9 Å². The molecule has 0 N–H and O–H groups in total. The van der Waals surface area contributed by atoms with E-state index in [-0.39, 0.29) is 17.5 Å². The van der Waals surface area contributed by atoms with Crippen molar-refractivity contribution in [3.8, 4) is 0 Å². The Bertz CT molecular complexity index is 1000. The second-order valence-corrected chi connectivity index (χ2v) is 8.37. The summed E-state index contributed by atoms with van der Waals surface area (Å²) in [5, 5.41) is 11.4. The highest BCUT2D eigenvalue weighted by Crippen LogP contribution is 2.38. The number of rotatable bonds is 4. The van der Waals surface area contributed by atoms with E-state index in [1.807, 2.05) is 35.2 Å². The topological polar surface area (TPSA) is 69.9 Å². The minimum Gasteiger partial charge on any atom is -0.368 e. The molecular formula is C23H25F3N4O3. The van der Waals surface area contributed by atoms with Crippen molar-refractivity contribution in [1.82, 2.24) is 4.90 Å². The number of carbonyl (C=O) groups is 1. The SMILES string of the molecule is O=C(C1CCN(c2ccc(C(F)(F)F)cc2[N+](=O)[O-])CC1)N1CCN(c2ccccc2)CC1. The molecule has 7 nitrogen and oxygen atoms in total. The molecule has 0 aromatic heterocycles. The number of nitrogens with zero attached hydrogens (tertiary/aromatic N) is 4. The van der Waals surface area contributed by atoms with E-state index in [1.54, 1.807) is 4.90 Å². The maximum absolute atomic E-state index is 13.0. The number of piperazine rings is 1. The van der Waals surface area contributed by atoms with Gasteiger partial charge in [-0.15, -0.1) is 0 Å². The molecule has 4 rings (SSSR count). The third kappa shape index (κ3) is 5.04. The van der Waals surface area contributed by atoms with E-state index in [0.29, 0.717) is 45.1 Å². The Labute approximate surface area is 189 Å². The molecule has 0 bridgehead atoms. The highest BCUT2D eigenvalue weighted by molar-refractivity contribution is 5.79. The molecule has 0 saturated carbocycles. The van der Waals surface area contributed by atoms with Crippen molar-refractivity contribution in [2.75, 3.05) is 49.1 Å². The molecule has 0 unspecified atom stereocenters. The zero-order valence-electron chi connectivity index (χ0n) is 18.0. The molecule has 1 amide bonds. The summed E-state index contributed by atoms with van der Waals surface area (Å²) in [6.07, 6.45) is -3.63. The largest absolute Gasteiger partial charge is 0.416 e. The Hall–Kier alpha value is -3.30. The summed E-state index contributed by atoms with van der Waals surface area (Å²) >= 11 is 0. The van der Waals surface area contributed by atoms with E-state index >= 15 is 0 Å². The maximum Gasteiger partial charge on any atom is 0.416 e. The molecule has 2 fully saturated rings. The summed E-state index contributed by atoms with van der Waals surface area (Å²) in [6.45, 7) is 3.55. The molecular weight excluding hydrogens is 437 g/mol. The van der Waals surface area contributed by atoms with Crippen LogP contribution in [0.3, 0.4) is 0 Å². The molecule has 0 radical (unpaired) electrons. The van der Waals surface area contributed by atoms with E-state index in [9.17, 15) is 28.1 Å². The molecule has 176 valence electrons. The monoisotopic (exact) mass is 462 g/mol. The predicted molar refractivity (Wildman–Crippen MR) is 118 cm³/mol. The van der Waals surface area contributed by atoms with Gasteiger partial charge in [-0.2, -0.15) is 13.2 Å². The molecule has 2 aliphatic heterocycles. The first kappa shape index (κ1) is 22.9. The van der Waals surface area contributed by atoms with Crippen LogP contribution in [0.1, 0.15) is 18.4 Å². The smallest absolute Gasteiger partial charge is 0.368 e. The quantitative estimate of drug-likeness (QED) is 0.504. The summed E-state index contributed by atoms with van der Waals surface area (Å²) in [7, 11) is 0. The van der Waals surface area contributed by atoms with Crippen molar-refractivity contribution in [3.05, 3.63) is 64.2 Å². The van der Waals surface area contributed by atoms with Crippen molar-refractivity contribution in [1.29, 1.82) is 0 Å². The van der Waals surface area contributed by atoms with Gasteiger partial charge >= 0.3 is 6.18 Å². The Morgan fingerprint density at radius 2 is 1.55 bits per heavy atom. The number of amides is 1. The van der Waals surface area contributed by atoms with Gasteiger partial charge in [0.25, 0.3) is 5.69 Å². The van der Waals surface area contributed by atoms with Crippen molar-refractivity contribution in [2.24, 2.45) is 5.92 Å². The third-order valence-corrected chi connectivity index (χ3v) is 6.40. The Balaban J connectivity index is 1.35.